The van der Waals surface area contributed by atoms with Crippen LogP contribution in [0.1, 0.15) is 21.5 Å². The maximum absolute atomic E-state index is 12.8. The van der Waals surface area contributed by atoms with Gasteiger partial charge in [0.25, 0.3) is 0 Å². The highest BCUT2D eigenvalue weighted by Crippen LogP contribution is 2.20. The number of carbonyl (C=O) groups excluding carboxylic acids is 3. The van der Waals surface area contributed by atoms with Crippen molar-refractivity contribution in [2.45, 2.75) is 19.9 Å². The average molecular weight is 463 g/mol. The fraction of sp³-hybridized carbons (Fsp3) is 0.200. The topological polar surface area (TPSA) is 94.5 Å². The number of ketones is 1. The minimum atomic E-state index is -0.565. The van der Waals surface area contributed by atoms with Crippen LogP contribution in [-0.4, -0.2) is 35.4 Å². The third kappa shape index (κ3) is 5.01. The second kappa shape index (κ2) is 9.79. The van der Waals surface area contributed by atoms with E-state index in [4.69, 9.17) is 4.74 Å². The van der Waals surface area contributed by atoms with Gasteiger partial charge in [-0.25, -0.2) is 0 Å². The van der Waals surface area contributed by atoms with Gasteiger partial charge >= 0.3 is 5.97 Å². The standard InChI is InChI=1S/C25H22N2O5S/c1-16(28)26-13-12-17-10-11-23(33-17)22(29)15-32-24(30)14-27-20-8-4-2-6-18(20)25(31)19-7-3-5-9-21(19)27/h2-11H,12-15H2,1H3,(H,26,28). The molecule has 1 amide bonds. The van der Waals surface area contributed by atoms with Gasteiger partial charge in [0.05, 0.1) is 15.9 Å². The number of nitrogens with one attached hydrogen (secondary N) is 1. The van der Waals surface area contributed by atoms with Crippen molar-refractivity contribution in [1.82, 2.24) is 9.88 Å². The first-order valence-electron chi connectivity index (χ1n) is 10.5. The van der Waals surface area contributed by atoms with Gasteiger partial charge in [0.15, 0.2) is 12.0 Å². The predicted molar refractivity (Wildman–Crippen MR) is 128 cm³/mol. The third-order valence-electron chi connectivity index (χ3n) is 5.21. The number of hydrogen-bond donors (Lipinski definition) is 1. The van der Waals surface area contributed by atoms with Crippen molar-refractivity contribution in [3.8, 4) is 0 Å². The summed E-state index contributed by atoms with van der Waals surface area (Å²) in [5, 5.41) is 3.75. The number of esters is 1. The molecule has 2 heterocycles. The van der Waals surface area contributed by atoms with Gasteiger partial charge in [-0.1, -0.05) is 24.3 Å². The van der Waals surface area contributed by atoms with Gasteiger partial charge in [0.1, 0.15) is 6.54 Å². The maximum atomic E-state index is 12.8. The molecular formula is C25H22N2O5S. The highest BCUT2D eigenvalue weighted by Gasteiger charge is 2.16. The molecule has 2 aromatic heterocycles. The van der Waals surface area contributed by atoms with Crippen molar-refractivity contribution in [3.05, 3.63) is 80.6 Å². The van der Waals surface area contributed by atoms with Crippen LogP contribution in [0.15, 0.2) is 65.5 Å². The number of carbonyl (C=O) groups is 3. The summed E-state index contributed by atoms with van der Waals surface area (Å²) < 4.78 is 7.01. The summed E-state index contributed by atoms with van der Waals surface area (Å²) in [7, 11) is 0. The Morgan fingerprint density at radius 1 is 0.939 bits per heavy atom. The Morgan fingerprint density at radius 3 is 2.21 bits per heavy atom. The molecule has 0 saturated heterocycles. The second-order valence-electron chi connectivity index (χ2n) is 7.53. The molecule has 0 aliphatic rings. The SMILES string of the molecule is CC(=O)NCCc1ccc(C(=O)COC(=O)Cn2c3ccccc3c(=O)c3ccccc32)s1. The van der Waals surface area contributed by atoms with Gasteiger partial charge in [0, 0.05) is 29.1 Å². The number of aromatic nitrogens is 1. The van der Waals surface area contributed by atoms with Gasteiger partial charge in [-0.05, 0) is 42.8 Å². The zero-order valence-corrected chi connectivity index (χ0v) is 18.8. The van der Waals surface area contributed by atoms with Crippen molar-refractivity contribution in [2.24, 2.45) is 0 Å². The summed E-state index contributed by atoms with van der Waals surface area (Å²) in [5.74, 6) is -0.948. The summed E-state index contributed by atoms with van der Waals surface area (Å²) in [6, 6.07) is 17.8. The molecule has 2 aromatic carbocycles. The van der Waals surface area contributed by atoms with Crippen LogP contribution in [0.5, 0.6) is 0 Å². The summed E-state index contributed by atoms with van der Waals surface area (Å²) >= 11 is 1.32. The molecule has 0 radical (unpaired) electrons. The number of Topliss-reactive ketones (excluding diaryl/α,β-unsaturated/α-hetero) is 1. The Labute approximate surface area is 193 Å². The van der Waals surface area contributed by atoms with E-state index in [2.05, 4.69) is 5.32 Å². The van der Waals surface area contributed by atoms with Gasteiger partial charge in [0.2, 0.25) is 11.7 Å². The summed E-state index contributed by atoms with van der Waals surface area (Å²) in [6.07, 6.45) is 0.629. The largest absolute Gasteiger partial charge is 0.456 e. The number of fused-ring (bicyclic) bond motifs is 2. The van der Waals surface area contributed by atoms with Crippen molar-refractivity contribution < 1.29 is 19.1 Å². The first-order valence-corrected chi connectivity index (χ1v) is 11.3. The molecule has 0 atom stereocenters. The highest BCUT2D eigenvalue weighted by atomic mass is 32.1. The fourth-order valence-corrected chi connectivity index (χ4v) is 4.59. The van der Waals surface area contributed by atoms with Gasteiger partial charge in [-0.3, -0.25) is 19.2 Å². The minimum absolute atomic E-state index is 0.0898. The van der Waals surface area contributed by atoms with Crippen LogP contribution in [0.4, 0.5) is 0 Å². The van der Waals surface area contributed by atoms with Crippen LogP contribution >= 0.6 is 11.3 Å². The molecule has 0 aliphatic heterocycles. The lowest BCUT2D eigenvalue weighted by Crippen LogP contribution is -2.22. The normalized spacial score (nSPS) is 10.9. The summed E-state index contributed by atoms with van der Waals surface area (Å²) in [6.45, 7) is 1.47. The van der Waals surface area contributed by atoms with E-state index in [1.165, 1.54) is 18.3 Å². The molecule has 0 fully saturated rings. The number of benzene rings is 2. The second-order valence-corrected chi connectivity index (χ2v) is 8.70. The maximum Gasteiger partial charge on any atom is 0.326 e. The van der Waals surface area contributed by atoms with Crippen LogP contribution in [-0.2, 0) is 27.3 Å². The molecule has 1 N–H and O–H groups in total. The van der Waals surface area contributed by atoms with Crippen LogP contribution in [0.3, 0.4) is 0 Å². The number of ether oxygens (including phenoxy) is 1. The Hall–Kier alpha value is -3.78. The molecule has 0 bridgehead atoms. The lowest BCUT2D eigenvalue weighted by molar-refractivity contribution is -0.143. The van der Waals surface area contributed by atoms with Gasteiger partial charge in [-0.15, -0.1) is 11.3 Å². The van der Waals surface area contributed by atoms with Crippen LogP contribution in [0.25, 0.3) is 21.8 Å². The van der Waals surface area contributed by atoms with E-state index in [9.17, 15) is 19.2 Å². The lowest BCUT2D eigenvalue weighted by atomic mass is 10.1. The van der Waals surface area contributed by atoms with Crippen molar-refractivity contribution in [2.75, 3.05) is 13.2 Å². The van der Waals surface area contributed by atoms with Crippen molar-refractivity contribution >= 4 is 50.8 Å². The zero-order chi connectivity index (χ0) is 23.4. The van der Waals surface area contributed by atoms with E-state index >= 15 is 0 Å². The van der Waals surface area contributed by atoms with E-state index < -0.39 is 5.97 Å². The number of para-hydroxylation sites is 2. The lowest BCUT2D eigenvalue weighted by Gasteiger charge is -2.14. The molecule has 0 saturated carbocycles. The Kier molecular flexibility index (Phi) is 6.65. The smallest absolute Gasteiger partial charge is 0.326 e. The molecule has 168 valence electrons. The van der Waals surface area contributed by atoms with E-state index in [0.29, 0.717) is 39.6 Å². The number of pyridine rings is 1. The van der Waals surface area contributed by atoms with E-state index in [-0.39, 0.29) is 30.3 Å². The van der Waals surface area contributed by atoms with E-state index in [1.807, 2.05) is 18.2 Å². The molecule has 33 heavy (non-hydrogen) atoms. The number of thiophene rings is 1. The average Bonchev–Trinajstić information content (AvgIpc) is 3.29. The van der Waals surface area contributed by atoms with Crippen LogP contribution in [0.2, 0.25) is 0 Å². The number of hydrogen-bond acceptors (Lipinski definition) is 6. The monoisotopic (exact) mass is 462 g/mol. The van der Waals surface area contributed by atoms with E-state index in [1.54, 1.807) is 47.0 Å². The number of nitrogens with zero attached hydrogens (tertiary/aromatic N) is 1. The predicted octanol–water partition coefficient (Wildman–Crippen LogP) is 3.32. The van der Waals surface area contributed by atoms with E-state index in [0.717, 1.165) is 4.88 Å². The van der Waals surface area contributed by atoms with Crippen LogP contribution in [0, 0.1) is 0 Å². The molecule has 0 unspecified atom stereocenters. The van der Waals surface area contributed by atoms with Gasteiger partial charge < -0.3 is 14.6 Å². The first-order chi connectivity index (χ1) is 15.9. The molecule has 4 rings (SSSR count). The quantitative estimate of drug-likeness (QED) is 0.246. The zero-order valence-electron chi connectivity index (χ0n) is 18.0. The third-order valence-corrected chi connectivity index (χ3v) is 6.40. The molecule has 4 aromatic rings. The van der Waals surface area contributed by atoms with Crippen LogP contribution < -0.4 is 10.7 Å². The van der Waals surface area contributed by atoms with Gasteiger partial charge in [-0.2, -0.15) is 0 Å². The molecule has 7 nitrogen and oxygen atoms in total. The molecular weight excluding hydrogens is 440 g/mol. The first kappa shape index (κ1) is 22.4. The summed E-state index contributed by atoms with van der Waals surface area (Å²) in [4.78, 5) is 50.3. The Bertz CT molecular complexity index is 1360. The number of amides is 1. The highest BCUT2D eigenvalue weighted by molar-refractivity contribution is 7.14. The minimum Gasteiger partial charge on any atom is -0.456 e. The fourth-order valence-electron chi connectivity index (χ4n) is 3.66. The molecule has 0 spiro atoms. The molecule has 8 heteroatoms. The summed E-state index contributed by atoms with van der Waals surface area (Å²) in [5.41, 5.74) is 1.17. The Morgan fingerprint density at radius 2 is 1.58 bits per heavy atom. The molecule has 0 aliphatic carbocycles. The Balaban J connectivity index is 1.46. The van der Waals surface area contributed by atoms with Crippen molar-refractivity contribution in [1.29, 1.82) is 0 Å². The van der Waals surface area contributed by atoms with Crippen molar-refractivity contribution in [3.63, 3.8) is 0 Å². The number of rotatable bonds is 8.